The second-order valence-electron chi connectivity index (χ2n) is 3.07. The zero-order chi connectivity index (χ0) is 10.5. The highest BCUT2D eigenvalue weighted by Crippen LogP contribution is 2.23. The summed E-state index contributed by atoms with van der Waals surface area (Å²) in [7, 11) is 0. The normalized spacial score (nSPS) is 9.53. The maximum atomic E-state index is 5.62. The lowest BCUT2D eigenvalue weighted by atomic mass is 10.2. The summed E-state index contributed by atoms with van der Waals surface area (Å²) < 4.78 is 5.62. The Balaban J connectivity index is 2.03. The Morgan fingerprint density at radius 2 is 2.00 bits per heavy atom. The van der Waals surface area contributed by atoms with Gasteiger partial charge in [0.15, 0.2) is 0 Å². The standard InChI is InChI=1S/C13H10OS/c1-2-12-9-15-10-13(12)14-8-11-6-4-3-5-7-11/h1,3-7,9-10H,8H2. The Bertz CT molecular complexity index is 465. The van der Waals surface area contributed by atoms with Gasteiger partial charge in [0, 0.05) is 10.8 Å². The van der Waals surface area contributed by atoms with Gasteiger partial charge in [-0.15, -0.1) is 17.8 Å². The molecule has 0 radical (unpaired) electrons. The van der Waals surface area contributed by atoms with E-state index in [9.17, 15) is 0 Å². The summed E-state index contributed by atoms with van der Waals surface area (Å²) in [5.41, 5.74) is 1.97. The van der Waals surface area contributed by atoms with Crippen molar-refractivity contribution in [2.24, 2.45) is 0 Å². The fourth-order valence-electron chi connectivity index (χ4n) is 1.24. The first-order valence-electron chi connectivity index (χ1n) is 4.59. The first kappa shape index (κ1) is 9.82. The van der Waals surface area contributed by atoms with Crippen molar-refractivity contribution >= 4 is 11.3 Å². The van der Waals surface area contributed by atoms with Gasteiger partial charge < -0.3 is 4.74 Å². The van der Waals surface area contributed by atoms with Crippen molar-refractivity contribution in [3.63, 3.8) is 0 Å². The van der Waals surface area contributed by atoms with Crippen LogP contribution in [0, 0.1) is 12.3 Å². The summed E-state index contributed by atoms with van der Waals surface area (Å²) in [6.07, 6.45) is 5.34. The van der Waals surface area contributed by atoms with Crippen molar-refractivity contribution in [3.8, 4) is 18.1 Å². The minimum atomic E-state index is 0.562. The highest BCUT2D eigenvalue weighted by molar-refractivity contribution is 7.08. The largest absolute Gasteiger partial charge is 0.487 e. The second kappa shape index (κ2) is 4.68. The van der Waals surface area contributed by atoms with E-state index in [2.05, 4.69) is 5.92 Å². The lowest BCUT2D eigenvalue weighted by Crippen LogP contribution is -1.94. The third-order valence-corrected chi connectivity index (χ3v) is 2.74. The van der Waals surface area contributed by atoms with E-state index in [1.54, 1.807) is 11.3 Å². The van der Waals surface area contributed by atoms with Crippen molar-refractivity contribution in [2.45, 2.75) is 6.61 Å². The summed E-state index contributed by atoms with van der Waals surface area (Å²) in [4.78, 5) is 0. The molecular weight excluding hydrogens is 204 g/mol. The number of ether oxygens (including phenoxy) is 1. The second-order valence-corrected chi connectivity index (χ2v) is 3.81. The van der Waals surface area contributed by atoms with Gasteiger partial charge in [-0.2, -0.15) is 0 Å². The predicted octanol–water partition coefficient (Wildman–Crippen LogP) is 3.31. The van der Waals surface area contributed by atoms with Crippen LogP contribution >= 0.6 is 11.3 Å². The van der Waals surface area contributed by atoms with Crippen molar-refractivity contribution in [1.82, 2.24) is 0 Å². The van der Waals surface area contributed by atoms with E-state index in [4.69, 9.17) is 11.2 Å². The van der Waals surface area contributed by atoms with Crippen LogP contribution in [0.5, 0.6) is 5.75 Å². The number of terminal acetylenes is 1. The van der Waals surface area contributed by atoms with Gasteiger partial charge in [-0.05, 0) is 5.56 Å². The molecule has 0 saturated carbocycles. The maximum absolute atomic E-state index is 5.62. The lowest BCUT2D eigenvalue weighted by molar-refractivity contribution is 0.307. The first-order valence-corrected chi connectivity index (χ1v) is 5.54. The van der Waals surface area contributed by atoms with E-state index in [1.165, 1.54) is 0 Å². The quantitative estimate of drug-likeness (QED) is 0.712. The fourth-order valence-corrected chi connectivity index (χ4v) is 1.94. The molecule has 74 valence electrons. The van der Waals surface area contributed by atoms with Gasteiger partial charge in [0.05, 0.1) is 5.56 Å². The Morgan fingerprint density at radius 1 is 1.20 bits per heavy atom. The van der Waals surface area contributed by atoms with Gasteiger partial charge >= 0.3 is 0 Å². The predicted molar refractivity (Wildman–Crippen MR) is 63.0 cm³/mol. The van der Waals surface area contributed by atoms with Gasteiger partial charge in [0.25, 0.3) is 0 Å². The zero-order valence-corrected chi connectivity index (χ0v) is 8.96. The minimum Gasteiger partial charge on any atom is -0.487 e. The van der Waals surface area contributed by atoms with Crippen LogP contribution in [-0.2, 0) is 6.61 Å². The summed E-state index contributed by atoms with van der Waals surface area (Å²) in [6.45, 7) is 0.562. The van der Waals surface area contributed by atoms with Crippen LogP contribution in [0.3, 0.4) is 0 Å². The van der Waals surface area contributed by atoms with Crippen molar-refractivity contribution in [3.05, 3.63) is 52.2 Å². The molecule has 1 aromatic heterocycles. The molecular formula is C13H10OS. The van der Waals surface area contributed by atoms with E-state index in [0.29, 0.717) is 6.61 Å². The Labute approximate surface area is 93.3 Å². The average molecular weight is 214 g/mol. The number of hydrogen-bond acceptors (Lipinski definition) is 2. The minimum absolute atomic E-state index is 0.562. The molecule has 2 aromatic rings. The van der Waals surface area contributed by atoms with Gasteiger partial charge in [-0.1, -0.05) is 36.3 Å². The average Bonchev–Trinajstić information content (AvgIpc) is 2.75. The van der Waals surface area contributed by atoms with Crippen LogP contribution in [-0.4, -0.2) is 0 Å². The molecule has 0 saturated heterocycles. The molecule has 2 heteroatoms. The molecule has 0 unspecified atom stereocenters. The SMILES string of the molecule is C#Cc1cscc1OCc1ccccc1. The summed E-state index contributed by atoms with van der Waals surface area (Å²) in [6, 6.07) is 10.0. The third kappa shape index (κ3) is 2.39. The smallest absolute Gasteiger partial charge is 0.146 e. The Morgan fingerprint density at radius 3 is 2.73 bits per heavy atom. The van der Waals surface area contributed by atoms with Crippen LogP contribution in [0.2, 0.25) is 0 Å². The molecule has 0 aliphatic carbocycles. The maximum Gasteiger partial charge on any atom is 0.146 e. The summed E-state index contributed by atoms with van der Waals surface area (Å²) in [5.74, 6) is 3.39. The topological polar surface area (TPSA) is 9.23 Å². The number of thiophene rings is 1. The van der Waals surface area contributed by atoms with E-state index in [0.717, 1.165) is 16.9 Å². The van der Waals surface area contributed by atoms with Crippen molar-refractivity contribution < 1.29 is 4.74 Å². The summed E-state index contributed by atoms with van der Waals surface area (Å²) >= 11 is 1.56. The first-order chi connectivity index (χ1) is 7.40. The van der Waals surface area contributed by atoms with Crippen LogP contribution in [0.1, 0.15) is 11.1 Å². The highest BCUT2D eigenvalue weighted by atomic mass is 32.1. The monoisotopic (exact) mass is 214 g/mol. The molecule has 0 fully saturated rings. The molecule has 0 aliphatic rings. The zero-order valence-electron chi connectivity index (χ0n) is 8.14. The number of benzene rings is 1. The van der Waals surface area contributed by atoms with Crippen LogP contribution in [0.15, 0.2) is 41.1 Å². The molecule has 0 atom stereocenters. The molecule has 0 amide bonds. The Hall–Kier alpha value is -1.72. The van der Waals surface area contributed by atoms with Gasteiger partial charge in [0.2, 0.25) is 0 Å². The molecule has 2 rings (SSSR count). The Kier molecular flexibility index (Phi) is 3.06. The van der Waals surface area contributed by atoms with Crippen LogP contribution in [0.4, 0.5) is 0 Å². The highest BCUT2D eigenvalue weighted by Gasteiger charge is 2.02. The van der Waals surface area contributed by atoms with Crippen molar-refractivity contribution in [2.75, 3.05) is 0 Å². The molecule has 0 bridgehead atoms. The molecule has 0 N–H and O–H groups in total. The molecule has 15 heavy (non-hydrogen) atoms. The number of rotatable bonds is 3. The van der Waals surface area contributed by atoms with Gasteiger partial charge in [0.1, 0.15) is 12.4 Å². The lowest BCUT2D eigenvalue weighted by Gasteiger charge is -2.04. The van der Waals surface area contributed by atoms with Gasteiger partial charge in [-0.3, -0.25) is 0 Å². The van der Waals surface area contributed by atoms with Crippen LogP contribution in [0.25, 0.3) is 0 Å². The molecule has 0 spiro atoms. The third-order valence-electron chi connectivity index (χ3n) is 2.02. The molecule has 1 heterocycles. The molecule has 1 aromatic carbocycles. The fraction of sp³-hybridized carbons (Fsp3) is 0.0769. The van der Waals surface area contributed by atoms with E-state index < -0.39 is 0 Å². The van der Waals surface area contributed by atoms with Gasteiger partial charge in [-0.25, -0.2) is 0 Å². The molecule has 1 nitrogen and oxygen atoms in total. The van der Waals surface area contributed by atoms with E-state index in [-0.39, 0.29) is 0 Å². The van der Waals surface area contributed by atoms with Crippen molar-refractivity contribution in [1.29, 1.82) is 0 Å². The molecule has 0 aliphatic heterocycles. The van der Waals surface area contributed by atoms with E-state index >= 15 is 0 Å². The summed E-state index contributed by atoms with van der Waals surface area (Å²) in [5, 5.41) is 3.85. The van der Waals surface area contributed by atoms with E-state index in [1.807, 2.05) is 41.1 Å². The number of hydrogen-bond donors (Lipinski definition) is 0. The van der Waals surface area contributed by atoms with Crippen LogP contribution < -0.4 is 4.74 Å².